The number of para-hydroxylation sites is 1. The first-order chi connectivity index (χ1) is 10.7. The molecule has 0 saturated heterocycles. The average Bonchev–Trinajstić information content (AvgIpc) is 3.12. The molecule has 1 aromatic carbocycles. The number of nitrogens with two attached hydrogens (primary N) is 1. The molecule has 3 aromatic rings. The molecule has 0 unspecified atom stereocenters. The van der Waals surface area contributed by atoms with Gasteiger partial charge in [0.1, 0.15) is 0 Å². The molecule has 120 valence electrons. The van der Waals surface area contributed by atoms with E-state index in [0.29, 0.717) is 11.7 Å². The van der Waals surface area contributed by atoms with Crippen molar-refractivity contribution in [2.75, 3.05) is 0 Å². The Morgan fingerprint density at radius 1 is 1.22 bits per heavy atom. The topological polar surface area (TPSA) is 82.8 Å². The minimum absolute atomic E-state index is 0. The van der Waals surface area contributed by atoms with Crippen molar-refractivity contribution in [2.45, 2.75) is 31.7 Å². The largest absolute Gasteiger partial charge is 0.334 e. The summed E-state index contributed by atoms with van der Waals surface area (Å²) in [6, 6.07) is 9.93. The van der Waals surface area contributed by atoms with Crippen molar-refractivity contribution in [3.63, 3.8) is 0 Å². The molecule has 1 saturated carbocycles. The highest BCUT2D eigenvalue weighted by Gasteiger charge is 2.39. The van der Waals surface area contributed by atoms with Crippen molar-refractivity contribution in [2.24, 2.45) is 5.73 Å². The van der Waals surface area contributed by atoms with Gasteiger partial charge in [0.05, 0.1) is 22.5 Å². The molecule has 6 nitrogen and oxygen atoms in total. The summed E-state index contributed by atoms with van der Waals surface area (Å²) in [4.78, 5) is 4.49. The lowest BCUT2D eigenvalue weighted by Gasteiger charge is -2.34. The van der Waals surface area contributed by atoms with Crippen LogP contribution in [0.1, 0.15) is 30.8 Å². The van der Waals surface area contributed by atoms with E-state index in [1.165, 1.54) is 0 Å². The minimum Gasteiger partial charge on any atom is -0.334 e. The van der Waals surface area contributed by atoms with E-state index in [1.807, 2.05) is 48.1 Å². The van der Waals surface area contributed by atoms with E-state index in [-0.39, 0.29) is 12.4 Å². The van der Waals surface area contributed by atoms with Gasteiger partial charge >= 0.3 is 0 Å². The fourth-order valence-corrected chi connectivity index (χ4v) is 2.70. The number of aromatic nitrogens is 4. The van der Waals surface area contributed by atoms with E-state index in [1.54, 1.807) is 0 Å². The number of hydrogen-bond acceptors (Lipinski definition) is 5. The lowest BCUT2D eigenvalue weighted by Crippen LogP contribution is -2.44. The second-order valence-corrected chi connectivity index (χ2v) is 5.84. The summed E-state index contributed by atoms with van der Waals surface area (Å²) in [5, 5.41) is 8.58. The zero-order valence-electron chi connectivity index (χ0n) is 12.8. The van der Waals surface area contributed by atoms with Crippen LogP contribution in [0.2, 0.25) is 0 Å². The zero-order chi connectivity index (χ0) is 15.2. The van der Waals surface area contributed by atoms with Gasteiger partial charge < -0.3 is 10.3 Å². The van der Waals surface area contributed by atoms with Crippen molar-refractivity contribution in [1.29, 1.82) is 0 Å². The number of benzene rings is 1. The van der Waals surface area contributed by atoms with Crippen LogP contribution in [0.15, 0.2) is 41.1 Å². The molecule has 1 aliphatic carbocycles. The van der Waals surface area contributed by atoms with Crippen molar-refractivity contribution in [1.82, 2.24) is 19.9 Å². The smallest absolute Gasteiger partial charge is 0.261 e. The fraction of sp³-hybridized carbons (Fsp3) is 0.312. The molecule has 1 fully saturated rings. The monoisotopic (exact) mass is 331 g/mol. The molecule has 7 heteroatoms. The van der Waals surface area contributed by atoms with Crippen LogP contribution in [-0.2, 0) is 5.54 Å². The molecule has 1 aliphatic rings. The van der Waals surface area contributed by atoms with Crippen LogP contribution in [0.5, 0.6) is 0 Å². The van der Waals surface area contributed by atoms with Gasteiger partial charge in [0.2, 0.25) is 0 Å². The Labute approximate surface area is 140 Å². The van der Waals surface area contributed by atoms with Crippen LogP contribution in [0.25, 0.3) is 17.1 Å². The Bertz CT molecular complexity index is 807. The molecule has 23 heavy (non-hydrogen) atoms. The highest BCUT2D eigenvalue weighted by Crippen LogP contribution is 2.37. The number of rotatable bonds is 3. The highest BCUT2D eigenvalue weighted by molar-refractivity contribution is 5.85. The van der Waals surface area contributed by atoms with E-state index in [4.69, 9.17) is 10.3 Å². The summed E-state index contributed by atoms with van der Waals surface area (Å²) >= 11 is 0. The number of aryl methyl sites for hydroxylation is 1. The second kappa shape index (κ2) is 5.79. The highest BCUT2D eigenvalue weighted by atomic mass is 35.5. The van der Waals surface area contributed by atoms with Gasteiger partial charge in [-0.2, -0.15) is 10.1 Å². The SMILES string of the molecule is Cc1nn(-c2ccccc2)cc1-c1nc(C2(N)CCC2)no1.Cl. The maximum atomic E-state index is 6.24. The van der Waals surface area contributed by atoms with Gasteiger partial charge in [0.25, 0.3) is 5.89 Å². The Morgan fingerprint density at radius 3 is 2.61 bits per heavy atom. The normalized spacial score (nSPS) is 15.7. The summed E-state index contributed by atoms with van der Waals surface area (Å²) in [7, 11) is 0. The lowest BCUT2D eigenvalue weighted by atomic mass is 9.77. The third-order valence-electron chi connectivity index (χ3n) is 4.27. The molecule has 4 rings (SSSR count). The predicted octanol–water partition coefficient (Wildman–Crippen LogP) is 2.99. The minimum atomic E-state index is -0.412. The van der Waals surface area contributed by atoms with E-state index in [2.05, 4.69) is 15.2 Å². The van der Waals surface area contributed by atoms with E-state index < -0.39 is 5.54 Å². The molecule has 0 bridgehead atoms. The quantitative estimate of drug-likeness (QED) is 0.797. The first-order valence-electron chi connectivity index (χ1n) is 7.41. The van der Waals surface area contributed by atoms with Gasteiger partial charge in [-0.25, -0.2) is 4.68 Å². The van der Waals surface area contributed by atoms with E-state index in [9.17, 15) is 0 Å². The predicted molar refractivity (Wildman–Crippen MR) is 88.6 cm³/mol. The third-order valence-corrected chi connectivity index (χ3v) is 4.27. The Morgan fingerprint density at radius 2 is 1.96 bits per heavy atom. The summed E-state index contributed by atoms with van der Waals surface area (Å²) in [5.41, 5.74) is 8.51. The van der Waals surface area contributed by atoms with Crippen LogP contribution in [0.3, 0.4) is 0 Å². The van der Waals surface area contributed by atoms with Gasteiger partial charge in [0.15, 0.2) is 5.82 Å². The van der Waals surface area contributed by atoms with Crippen LogP contribution in [0, 0.1) is 6.92 Å². The van der Waals surface area contributed by atoms with Crippen LogP contribution < -0.4 is 5.73 Å². The maximum Gasteiger partial charge on any atom is 0.261 e. The Hall–Kier alpha value is -2.18. The average molecular weight is 332 g/mol. The van der Waals surface area contributed by atoms with Gasteiger partial charge in [-0.1, -0.05) is 23.4 Å². The number of halogens is 1. The molecule has 2 heterocycles. The molecule has 0 atom stereocenters. The first kappa shape index (κ1) is 15.7. The Kier molecular flexibility index (Phi) is 3.95. The first-order valence-corrected chi connectivity index (χ1v) is 7.41. The summed E-state index contributed by atoms with van der Waals surface area (Å²) in [6.07, 6.45) is 4.85. The molecule has 2 N–H and O–H groups in total. The molecule has 0 amide bonds. The number of nitrogens with zero attached hydrogens (tertiary/aromatic N) is 4. The Balaban J connectivity index is 0.00000156. The van der Waals surface area contributed by atoms with Crippen molar-refractivity contribution in [3.05, 3.63) is 48.0 Å². The summed E-state index contributed by atoms with van der Waals surface area (Å²) in [6.45, 7) is 1.93. The van der Waals surface area contributed by atoms with Gasteiger partial charge in [-0.15, -0.1) is 12.4 Å². The summed E-state index contributed by atoms with van der Waals surface area (Å²) < 4.78 is 7.22. The van der Waals surface area contributed by atoms with Crippen molar-refractivity contribution in [3.8, 4) is 17.1 Å². The van der Waals surface area contributed by atoms with Crippen LogP contribution >= 0.6 is 12.4 Å². The van der Waals surface area contributed by atoms with Crippen molar-refractivity contribution >= 4 is 12.4 Å². The third kappa shape index (κ3) is 2.64. The molecule has 0 spiro atoms. The standard InChI is InChI=1S/C16H17N5O.ClH/c1-11-13(10-21(19-11)12-6-3-2-4-7-12)14-18-15(20-22-14)16(17)8-5-9-16;/h2-4,6-7,10H,5,8-9,17H2,1H3;1H. The van der Waals surface area contributed by atoms with E-state index in [0.717, 1.165) is 36.2 Å². The van der Waals surface area contributed by atoms with Gasteiger partial charge in [-0.05, 0) is 38.3 Å². The maximum absolute atomic E-state index is 6.24. The summed E-state index contributed by atoms with van der Waals surface area (Å²) in [5.74, 6) is 1.08. The molecular formula is C16H18ClN5O. The molecule has 2 aromatic heterocycles. The number of hydrogen-bond donors (Lipinski definition) is 1. The molecule has 0 aliphatic heterocycles. The lowest BCUT2D eigenvalue weighted by molar-refractivity contribution is 0.229. The van der Waals surface area contributed by atoms with E-state index >= 15 is 0 Å². The second-order valence-electron chi connectivity index (χ2n) is 5.84. The fourth-order valence-electron chi connectivity index (χ4n) is 2.70. The van der Waals surface area contributed by atoms with Crippen molar-refractivity contribution < 1.29 is 4.52 Å². The van der Waals surface area contributed by atoms with Crippen LogP contribution in [0.4, 0.5) is 0 Å². The zero-order valence-corrected chi connectivity index (χ0v) is 13.6. The van der Waals surface area contributed by atoms with Crippen LogP contribution in [-0.4, -0.2) is 19.9 Å². The molecule has 0 radical (unpaired) electrons. The van der Waals surface area contributed by atoms with Gasteiger partial charge in [0, 0.05) is 6.20 Å². The molecular weight excluding hydrogens is 314 g/mol. The van der Waals surface area contributed by atoms with Gasteiger partial charge in [-0.3, -0.25) is 0 Å².